The number of carbonyl (C=O) groups is 1. The second-order valence-electron chi connectivity index (χ2n) is 5.79. The van der Waals surface area contributed by atoms with Gasteiger partial charge in [-0.05, 0) is 42.1 Å². The molecule has 0 atom stereocenters. The molecule has 0 aliphatic heterocycles. The zero-order valence-corrected chi connectivity index (χ0v) is 16.9. The fourth-order valence-corrected chi connectivity index (χ4v) is 4.05. The summed E-state index contributed by atoms with van der Waals surface area (Å²) in [4.78, 5) is 17.8. The molecule has 1 heterocycles. The molecule has 2 aromatic carbocycles. The summed E-state index contributed by atoms with van der Waals surface area (Å²) in [5.41, 5.74) is 0.674. The number of hydrogen-bond donors (Lipinski definition) is 1. The lowest BCUT2D eigenvalue weighted by Gasteiger charge is -2.12. The maximum atomic E-state index is 12.7. The molecule has 0 aliphatic carbocycles. The number of carbonyl (C=O) groups excluding carboxylic acids is 1. The Hall–Kier alpha value is -2.29. The quantitative estimate of drug-likeness (QED) is 0.676. The minimum Gasteiger partial charge on any atom is -0.329 e. The maximum Gasteiger partial charge on any atom is 0.257 e. The molecule has 0 saturated carbocycles. The molecule has 0 aliphatic rings. The van der Waals surface area contributed by atoms with E-state index in [4.69, 9.17) is 11.6 Å². The maximum absolute atomic E-state index is 12.7. The third-order valence-corrected chi connectivity index (χ3v) is 6.32. The molecule has 1 N–H and O–H groups in total. The van der Waals surface area contributed by atoms with Gasteiger partial charge in [0.2, 0.25) is 0 Å². The molecule has 3 rings (SSSR count). The lowest BCUT2D eigenvalue weighted by Crippen LogP contribution is -2.14. The van der Waals surface area contributed by atoms with E-state index in [0.29, 0.717) is 5.69 Å². The van der Waals surface area contributed by atoms with Crippen molar-refractivity contribution in [2.45, 2.75) is 14.9 Å². The molecule has 140 valence electrons. The number of nitrogens with one attached hydrogen (secondary N) is 1. The summed E-state index contributed by atoms with van der Waals surface area (Å²) in [5, 5.41) is 3.75. The fourth-order valence-electron chi connectivity index (χ4n) is 2.31. The Morgan fingerprint density at radius 1 is 1.22 bits per heavy atom. The number of benzene rings is 2. The van der Waals surface area contributed by atoms with E-state index >= 15 is 0 Å². The van der Waals surface area contributed by atoms with Gasteiger partial charge in [0, 0.05) is 30.6 Å². The molecule has 27 heavy (non-hydrogen) atoms. The fraction of sp³-hybridized carbons (Fsp3) is 0.111. The van der Waals surface area contributed by atoms with Crippen molar-refractivity contribution in [3.63, 3.8) is 0 Å². The normalized spacial score (nSPS) is 11.4. The van der Waals surface area contributed by atoms with Crippen LogP contribution in [0.4, 0.5) is 5.69 Å². The number of nitrogens with zero attached hydrogens (tertiary/aromatic N) is 2. The second kappa shape index (κ2) is 7.75. The SMILES string of the molecule is Cn1ccnc1Sc1ccccc1NC(=O)c1cc(S(C)(=O)=O)ccc1Cl. The molecular formula is C18H16ClN3O3S2. The Morgan fingerprint density at radius 3 is 2.63 bits per heavy atom. The Morgan fingerprint density at radius 2 is 1.96 bits per heavy atom. The van der Waals surface area contributed by atoms with Gasteiger partial charge in [0.25, 0.3) is 5.91 Å². The molecule has 0 radical (unpaired) electrons. The molecule has 6 nitrogen and oxygen atoms in total. The second-order valence-corrected chi connectivity index (χ2v) is 9.22. The van der Waals surface area contributed by atoms with Crippen LogP contribution >= 0.6 is 23.4 Å². The third-order valence-electron chi connectivity index (χ3n) is 3.72. The smallest absolute Gasteiger partial charge is 0.257 e. The first-order valence-corrected chi connectivity index (χ1v) is 10.9. The third kappa shape index (κ3) is 4.52. The highest BCUT2D eigenvalue weighted by Crippen LogP contribution is 2.32. The van der Waals surface area contributed by atoms with Crippen LogP contribution in [-0.2, 0) is 16.9 Å². The largest absolute Gasteiger partial charge is 0.329 e. The van der Waals surface area contributed by atoms with E-state index in [9.17, 15) is 13.2 Å². The molecule has 0 unspecified atom stereocenters. The number of amides is 1. The van der Waals surface area contributed by atoms with Crippen molar-refractivity contribution in [3.8, 4) is 0 Å². The Balaban J connectivity index is 1.90. The molecule has 1 aromatic heterocycles. The molecule has 0 spiro atoms. The van der Waals surface area contributed by atoms with Crippen molar-refractivity contribution in [2.75, 3.05) is 11.6 Å². The summed E-state index contributed by atoms with van der Waals surface area (Å²) in [5.74, 6) is -0.488. The number of para-hydroxylation sites is 1. The van der Waals surface area contributed by atoms with E-state index in [1.165, 1.54) is 30.0 Å². The molecule has 0 bridgehead atoms. The number of sulfone groups is 1. The summed E-state index contributed by atoms with van der Waals surface area (Å²) < 4.78 is 25.4. The van der Waals surface area contributed by atoms with Crippen molar-refractivity contribution in [1.29, 1.82) is 0 Å². The number of imidazole rings is 1. The van der Waals surface area contributed by atoms with Crippen LogP contribution in [0.1, 0.15) is 10.4 Å². The topological polar surface area (TPSA) is 81.1 Å². The number of rotatable bonds is 5. The van der Waals surface area contributed by atoms with Crippen LogP contribution < -0.4 is 5.32 Å². The van der Waals surface area contributed by atoms with Crippen molar-refractivity contribution < 1.29 is 13.2 Å². The first kappa shape index (κ1) is 19.5. The Bertz CT molecular complexity index is 1110. The van der Waals surface area contributed by atoms with Gasteiger partial charge < -0.3 is 9.88 Å². The van der Waals surface area contributed by atoms with Crippen molar-refractivity contribution >= 4 is 44.8 Å². The van der Waals surface area contributed by atoms with E-state index < -0.39 is 15.7 Å². The van der Waals surface area contributed by atoms with Crippen LogP contribution in [0.15, 0.2) is 69.8 Å². The molecular weight excluding hydrogens is 406 g/mol. The van der Waals surface area contributed by atoms with E-state index in [0.717, 1.165) is 16.3 Å². The van der Waals surface area contributed by atoms with Crippen molar-refractivity contribution in [1.82, 2.24) is 9.55 Å². The monoisotopic (exact) mass is 421 g/mol. The summed E-state index contributed by atoms with van der Waals surface area (Å²) in [7, 11) is -1.57. The van der Waals surface area contributed by atoms with Gasteiger partial charge in [0.15, 0.2) is 15.0 Å². The average Bonchev–Trinajstić information content (AvgIpc) is 3.00. The Kier molecular flexibility index (Phi) is 5.59. The van der Waals surface area contributed by atoms with Crippen molar-refractivity contribution in [2.24, 2.45) is 7.05 Å². The van der Waals surface area contributed by atoms with Gasteiger partial charge in [-0.25, -0.2) is 13.4 Å². The first-order chi connectivity index (χ1) is 12.8. The zero-order chi connectivity index (χ0) is 19.6. The van der Waals surface area contributed by atoms with Gasteiger partial charge in [0.05, 0.1) is 21.2 Å². The molecule has 0 fully saturated rings. The van der Waals surface area contributed by atoms with Crippen LogP contribution in [-0.4, -0.2) is 30.1 Å². The highest BCUT2D eigenvalue weighted by molar-refractivity contribution is 7.99. The number of hydrogen-bond acceptors (Lipinski definition) is 5. The summed E-state index contributed by atoms with van der Waals surface area (Å²) in [6.45, 7) is 0. The summed E-state index contributed by atoms with van der Waals surface area (Å²) in [6.07, 6.45) is 4.61. The number of anilines is 1. The van der Waals surface area contributed by atoms with Crippen LogP contribution in [0.3, 0.4) is 0 Å². The highest BCUT2D eigenvalue weighted by Gasteiger charge is 2.17. The van der Waals surface area contributed by atoms with Crippen molar-refractivity contribution in [3.05, 3.63) is 65.4 Å². The van der Waals surface area contributed by atoms with E-state index in [-0.39, 0.29) is 15.5 Å². The van der Waals surface area contributed by atoms with Gasteiger partial charge in [-0.15, -0.1) is 0 Å². The molecule has 3 aromatic rings. The standard InChI is InChI=1S/C18H16ClN3O3S2/c1-22-10-9-20-18(22)26-16-6-4-3-5-15(16)21-17(23)13-11-12(27(2,24)25)7-8-14(13)19/h3-11H,1-2H3,(H,21,23). The van der Waals surface area contributed by atoms with Crippen LogP contribution in [0.2, 0.25) is 5.02 Å². The van der Waals surface area contributed by atoms with E-state index in [2.05, 4.69) is 10.3 Å². The van der Waals surface area contributed by atoms with Gasteiger partial charge in [0.1, 0.15) is 0 Å². The molecule has 9 heteroatoms. The minimum atomic E-state index is -3.45. The predicted octanol–water partition coefficient (Wildman–Crippen LogP) is 3.88. The predicted molar refractivity (Wildman–Crippen MR) is 106 cm³/mol. The number of aromatic nitrogens is 2. The van der Waals surface area contributed by atoms with Crippen LogP contribution in [0, 0.1) is 0 Å². The first-order valence-electron chi connectivity index (χ1n) is 7.81. The lowest BCUT2D eigenvalue weighted by molar-refractivity contribution is 0.102. The van der Waals surface area contributed by atoms with Gasteiger partial charge in [-0.1, -0.05) is 23.7 Å². The number of aryl methyl sites for hydroxylation is 1. The van der Waals surface area contributed by atoms with Gasteiger partial charge >= 0.3 is 0 Å². The minimum absolute atomic E-state index is 0.0349. The lowest BCUT2D eigenvalue weighted by atomic mass is 10.2. The van der Waals surface area contributed by atoms with Crippen LogP contribution in [0.5, 0.6) is 0 Å². The summed E-state index contributed by atoms with van der Waals surface area (Å²) >= 11 is 7.51. The van der Waals surface area contributed by atoms with Gasteiger partial charge in [-0.2, -0.15) is 0 Å². The highest BCUT2D eigenvalue weighted by atomic mass is 35.5. The van der Waals surface area contributed by atoms with Crippen LogP contribution in [0.25, 0.3) is 0 Å². The summed E-state index contributed by atoms with van der Waals surface area (Å²) in [6, 6.07) is 11.3. The van der Waals surface area contributed by atoms with Gasteiger partial charge in [-0.3, -0.25) is 4.79 Å². The van der Waals surface area contributed by atoms with E-state index in [1.54, 1.807) is 18.3 Å². The average molecular weight is 422 g/mol. The molecule has 0 saturated heterocycles. The molecule has 1 amide bonds. The Labute approximate surface area is 166 Å². The zero-order valence-electron chi connectivity index (χ0n) is 14.5. The number of halogens is 1. The van der Waals surface area contributed by atoms with E-state index in [1.807, 2.05) is 29.9 Å².